The number of allylic oxidation sites excluding steroid dienone is 1. The number of rotatable bonds is 13. The van der Waals surface area contributed by atoms with Gasteiger partial charge in [0.2, 0.25) is 0 Å². The molecule has 0 aliphatic rings. The number of amides is 2. The zero-order chi connectivity index (χ0) is 26.6. The molecule has 3 aromatic rings. The van der Waals surface area contributed by atoms with Crippen LogP contribution in [0.25, 0.3) is 11.1 Å². The van der Waals surface area contributed by atoms with Crippen molar-refractivity contribution in [1.29, 1.82) is 0 Å². The Morgan fingerprint density at radius 3 is 2.24 bits per heavy atom. The number of benzene rings is 3. The number of carbonyl (C=O) groups excluding carboxylic acids is 2. The fourth-order valence-corrected chi connectivity index (χ4v) is 3.96. The minimum atomic E-state index is -1.10. The molecular weight excluding hydrogens is 464 g/mol. The van der Waals surface area contributed by atoms with Crippen LogP contribution in [0.1, 0.15) is 42.9 Å². The standard InChI is InChI=1S/C31H34N2O4/c1-3-4-9-22(2)29(34)20-25-12-8-13-27(18-25)26-16-14-23(15-17-26)19-28(30(35)36)33-31(37)32-21-24-10-6-5-7-11-24/h5-8,10-18,28H,2-4,9,19-21H2,1H3,(H,35,36)(H2,32,33,37). The van der Waals surface area contributed by atoms with E-state index in [4.69, 9.17) is 0 Å². The minimum absolute atomic E-state index is 0.0703. The molecule has 0 fully saturated rings. The average molecular weight is 499 g/mol. The summed E-state index contributed by atoms with van der Waals surface area (Å²) >= 11 is 0. The molecule has 0 bridgehead atoms. The normalized spacial score (nSPS) is 11.4. The number of carboxylic acid groups (broad SMARTS) is 1. The number of Topliss-reactive ketones (excluding diaryl/α,β-unsaturated/α-hetero) is 1. The number of carboxylic acids is 1. The Morgan fingerprint density at radius 1 is 0.865 bits per heavy atom. The molecule has 0 heterocycles. The molecule has 0 aliphatic heterocycles. The number of unbranched alkanes of at least 4 members (excludes halogenated alkanes) is 1. The highest BCUT2D eigenvalue weighted by atomic mass is 16.4. The molecule has 0 aromatic heterocycles. The van der Waals surface area contributed by atoms with Crippen LogP contribution in [-0.4, -0.2) is 28.9 Å². The number of ketones is 1. The first kappa shape index (κ1) is 27.4. The SMILES string of the molecule is C=C(CCCC)C(=O)Cc1cccc(-c2ccc(CC(NC(=O)NCc3ccccc3)C(=O)O)cc2)c1. The molecule has 3 N–H and O–H groups in total. The van der Waals surface area contributed by atoms with E-state index >= 15 is 0 Å². The smallest absolute Gasteiger partial charge is 0.326 e. The third-order valence-corrected chi connectivity index (χ3v) is 6.14. The largest absolute Gasteiger partial charge is 0.480 e. The fraction of sp³-hybridized carbons (Fsp3) is 0.258. The summed E-state index contributed by atoms with van der Waals surface area (Å²) in [7, 11) is 0. The van der Waals surface area contributed by atoms with Crippen molar-refractivity contribution in [2.45, 2.75) is 51.6 Å². The van der Waals surface area contributed by atoms with Gasteiger partial charge in [0.05, 0.1) is 0 Å². The van der Waals surface area contributed by atoms with E-state index in [0.717, 1.165) is 47.1 Å². The van der Waals surface area contributed by atoms with E-state index < -0.39 is 18.0 Å². The van der Waals surface area contributed by atoms with Gasteiger partial charge >= 0.3 is 12.0 Å². The van der Waals surface area contributed by atoms with E-state index in [0.29, 0.717) is 18.5 Å². The van der Waals surface area contributed by atoms with Crippen molar-refractivity contribution in [1.82, 2.24) is 10.6 Å². The van der Waals surface area contributed by atoms with E-state index in [2.05, 4.69) is 24.1 Å². The molecule has 37 heavy (non-hydrogen) atoms. The van der Waals surface area contributed by atoms with Gasteiger partial charge in [-0.05, 0) is 46.2 Å². The Bertz CT molecular complexity index is 1220. The van der Waals surface area contributed by atoms with Crippen LogP contribution in [0.15, 0.2) is 91.0 Å². The van der Waals surface area contributed by atoms with Gasteiger partial charge in [-0.2, -0.15) is 0 Å². The van der Waals surface area contributed by atoms with Gasteiger partial charge in [0.25, 0.3) is 0 Å². The highest BCUT2D eigenvalue weighted by Gasteiger charge is 2.20. The highest BCUT2D eigenvalue weighted by molar-refractivity contribution is 5.96. The lowest BCUT2D eigenvalue weighted by Crippen LogP contribution is -2.46. The second-order valence-electron chi connectivity index (χ2n) is 9.11. The summed E-state index contributed by atoms with van der Waals surface area (Å²) in [4.78, 5) is 36.5. The lowest BCUT2D eigenvalue weighted by molar-refractivity contribution is -0.139. The maximum absolute atomic E-state index is 12.5. The van der Waals surface area contributed by atoms with E-state index in [-0.39, 0.29) is 12.2 Å². The summed E-state index contributed by atoms with van der Waals surface area (Å²) in [6.45, 7) is 6.34. The van der Waals surface area contributed by atoms with Gasteiger partial charge in [0, 0.05) is 19.4 Å². The Hall–Kier alpha value is -4.19. The van der Waals surface area contributed by atoms with Crippen LogP contribution in [0.2, 0.25) is 0 Å². The van der Waals surface area contributed by atoms with Gasteiger partial charge in [-0.3, -0.25) is 4.79 Å². The molecule has 3 aromatic carbocycles. The summed E-state index contributed by atoms with van der Waals surface area (Å²) in [5, 5.41) is 14.8. The molecule has 0 radical (unpaired) electrons. The summed E-state index contributed by atoms with van der Waals surface area (Å²) in [6.07, 6.45) is 3.21. The lowest BCUT2D eigenvalue weighted by Gasteiger charge is -2.16. The first-order valence-electron chi connectivity index (χ1n) is 12.6. The number of hydrogen-bond donors (Lipinski definition) is 3. The number of carbonyl (C=O) groups is 3. The molecule has 6 nitrogen and oxygen atoms in total. The third-order valence-electron chi connectivity index (χ3n) is 6.14. The molecule has 0 saturated carbocycles. The quantitative estimate of drug-likeness (QED) is 0.263. The van der Waals surface area contributed by atoms with Crippen molar-refractivity contribution in [3.63, 3.8) is 0 Å². The number of urea groups is 1. The molecule has 1 unspecified atom stereocenters. The number of aliphatic carboxylic acids is 1. The van der Waals surface area contributed by atoms with E-state index in [1.54, 1.807) is 0 Å². The zero-order valence-electron chi connectivity index (χ0n) is 21.2. The summed E-state index contributed by atoms with van der Waals surface area (Å²) in [6, 6.07) is 23.2. The Labute approximate surface area is 218 Å². The third kappa shape index (κ3) is 8.76. The Balaban J connectivity index is 1.59. The maximum atomic E-state index is 12.5. The molecule has 3 rings (SSSR count). The molecule has 192 valence electrons. The van der Waals surface area contributed by atoms with Crippen LogP contribution in [0.5, 0.6) is 0 Å². The average Bonchev–Trinajstić information content (AvgIpc) is 2.91. The molecular formula is C31H34N2O4. The summed E-state index contributed by atoms with van der Waals surface area (Å²) in [5.74, 6) is -1.03. The van der Waals surface area contributed by atoms with Crippen molar-refractivity contribution in [2.24, 2.45) is 0 Å². The van der Waals surface area contributed by atoms with E-state index in [1.165, 1.54) is 0 Å². The predicted molar refractivity (Wildman–Crippen MR) is 146 cm³/mol. The van der Waals surface area contributed by atoms with E-state index in [1.807, 2.05) is 78.9 Å². The zero-order valence-corrected chi connectivity index (χ0v) is 21.2. The van der Waals surface area contributed by atoms with Crippen molar-refractivity contribution >= 4 is 17.8 Å². The van der Waals surface area contributed by atoms with Crippen LogP contribution in [0.4, 0.5) is 4.79 Å². The first-order chi connectivity index (χ1) is 17.9. The van der Waals surface area contributed by atoms with Gasteiger partial charge in [-0.15, -0.1) is 0 Å². The molecule has 0 saturated heterocycles. The van der Waals surface area contributed by atoms with Gasteiger partial charge in [0.15, 0.2) is 5.78 Å². The minimum Gasteiger partial charge on any atom is -0.480 e. The van der Waals surface area contributed by atoms with Gasteiger partial charge in [-0.25, -0.2) is 9.59 Å². The van der Waals surface area contributed by atoms with Crippen LogP contribution < -0.4 is 10.6 Å². The van der Waals surface area contributed by atoms with Crippen LogP contribution in [-0.2, 0) is 29.0 Å². The summed E-state index contributed by atoms with van der Waals surface area (Å²) < 4.78 is 0. The van der Waals surface area contributed by atoms with Gasteiger partial charge < -0.3 is 15.7 Å². The van der Waals surface area contributed by atoms with Crippen molar-refractivity contribution < 1.29 is 19.5 Å². The Kier molecular flexibility index (Phi) is 10.2. The predicted octanol–water partition coefficient (Wildman–Crippen LogP) is 5.71. The van der Waals surface area contributed by atoms with Crippen LogP contribution in [0, 0.1) is 0 Å². The highest BCUT2D eigenvalue weighted by Crippen LogP contribution is 2.22. The number of nitrogens with one attached hydrogen (secondary N) is 2. The fourth-order valence-electron chi connectivity index (χ4n) is 3.96. The van der Waals surface area contributed by atoms with Crippen LogP contribution in [0.3, 0.4) is 0 Å². The van der Waals surface area contributed by atoms with Crippen molar-refractivity contribution in [3.8, 4) is 11.1 Å². The Morgan fingerprint density at radius 2 is 1.57 bits per heavy atom. The van der Waals surface area contributed by atoms with E-state index in [9.17, 15) is 19.5 Å². The molecule has 0 aliphatic carbocycles. The van der Waals surface area contributed by atoms with Crippen molar-refractivity contribution in [2.75, 3.05) is 0 Å². The summed E-state index contributed by atoms with van der Waals surface area (Å²) in [5.41, 5.74) is 5.26. The molecule has 2 amide bonds. The van der Waals surface area contributed by atoms with Gasteiger partial charge in [0.1, 0.15) is 6.04 Å². The first-order valence-corrected chi connectivity index (χ1v) is 12.6. The second-order valence-corrected chi connectivity index (χ2v) is 9.11. The topological polar surface area (TPSA) is 95.5 Å². The lowest BCUT2D eigenvalue weighted by atomic mass is 9.96. The molecule has 1 atom stereocenters. The molecule has 0 spiro atoms. The van der Waals surface area contributed by atoms with Crippen molar-refractivity contribution in [3.05, 3.63) is 108 Å². The molecule has 6 heteroatoms. The second kappa shape index (κ2) is 13.8. The van der Waals surface area contributed by atoms with Crippen LogP contribution >= 0.6 is 0 Å². The number of hydrogen-bond acceptors (Lipinski definition) is 3. The monoisotopic (exact) mass is 498 g/mol. The maximum Gasteiger partial charge on any atom is 0.326 e. The van der Waals surface area contributed by atoms with Gasteiger partial charge in [-0.1, -0.05) is 98.8 Å².